The Kier molecular flexibility index (Phi) is 5.09. The summed E-state index contributed by atoms with van der Waals surface area (Å²) >= 11 is 5.91. The number of carbonyl (C=O) groups is 1. The molecule has 2 aromatic rings. The van der Waals surface area contributed by atoms with Crippen LogP contribution in [0.4, 0.5) is 5.69 Å². The van der Waals surface area contributed by atoms with Gasteiger partial charge in [0.25, 0.3) is 5.91 Å². The Bertz CT molecular complexity index is 683. The van der Waals surface area contributed by atoms with Crippen molar-refractivity contribution in [2.75, 3.05) is 5.32 Å². The van der Waals surface area contributed by atoms with E-state index in [1.165, 1.54) is 6.20 Å². The van der Waals surface area contributed by atoms with Crippen molar-refractivity contribution in [1.29, 1.82) is 0 Å². The normalized spacial score (nSPS) is 11.3. The van der Waals surface area contributed by atoms with Crippen molar-refractivity contribution >= 4 is 29.3 Å². The number of anilines is 1. The van der Waals surface area contributed by atoms with Gasteiger partial charge in [-0.1, -0.05) is 23.7 Å². The summed E-state index contributed by atoms with van der Waals surface area (Å²) in [5, 5.41) is 12.6. The molecule has 108 valence electrons. The zero-order valence-electron chi connectivity index (χ0n) is 11.5. The number of benzene rings is 1. The van der Waals surface area contributed by atoms with Crippen molar-refractivity contribution in [3.05, 3.63) is 64.4 Å². The Morgan fingerprint density at radius 2 is 2.24 bits per heavy atom. The molecular weight excluding hydrogens is 288 g/mol. The molecule has 0 saturated heterocycles. The maximum atomic E-state index is 12.1. The van der Waals surface area contributed by atoms with E-state index in [0.29, 0.717) is 21.8 Å². The number of aromatic nitrogens is 1. The van der Waals surface area contributed by atoms with Crippen LogP contribution in [0.25, 0.3) is 6.08 Å². The lowest BCUT2D eigenvalue weighted by molar-refractivity contribution is -0.112. The fourth-order valence-electron chi connectivity index (χ4n) is 1.81. The van der Waals surface area contributed by atoms with Crippen molar-refractivity contribution in [2.24, 2.45) is 0 Å². The Morgan fingerprint density at radius 1 is 1.43 bits per heavy atom. The largest absolute Gasteiger partial charge is 0.392 e. The third-order valence-corrected chi connectivity index (χ3v) is 3.16. The maximum absolute atomic E-state index is 12.1. The second-order valence-corrected chi connectivity index (χ2v) is 4.96. The Labute approximate surface area is 128 Å². The van der Waals surface area contributed by atoms with Crippen LogP contribution < -0.4 is 5.32 Å². The van der Waals surface area contributed by atoms with Crippen LogP contribution in [-0.2, 0) is 11.4 Å². The van der Waals surface area contributed by atoms with E-state index in [4.69, 9.17) is 11.6 Å². The number of nitrogens with one attached hydrogen (secondary N) is 1. The second kappa shape index (κ2) is 7.02. The summed E-state index contributed by atoms with van der Waals surface area (Å²) in [6.07, 6.45) is 4.82. The number of hydrogen-bond acceptors (Lipinski definition) is 3. The van der Waals surface area contributed by atoms with E-state index in [9.17, 15) is 9.90 Å². The SMILES string of the molecule is C/C(=C/c1cccc(Cl)c1)C(=O)Nc1cnccc1CO. The molecule has 0 aliphatic heterocycles. The second-order valence-electron chi connectivity index (χ2n) is 4.53. The Morgan fingerprint density at radius 3 is 2.95 bits per heavy atom. The Balaban J connectivity index is 2.16. The molecule has 1 heterocycles. The van der Waals surface area contributed by atoms with Crippen LogP contribution in [0.5, 0.6) is 0 Å². The van der Waals surface area contributed by atoms with Gasteiger partial charge in [-0.3, -0.25) is 9.78 Å². The van der Waals surface area contributed by atoms with Crippen molar-refractivity contribution < 1.29 is 9.90 Å². The molecule has 0 spiro atoms. The molecular formula is C16H15ClN2O2. The third-order valence-electron chi connectivity index (χ3n) is 2.92. The molecule has 1 amide bonds. The molecule has 0 saturated carbocycles. The van der Waals surface area contributed by atoms with Gasteiger partial charge in [-0.25, -0.2) is 0 Å². The van der Waals surface area contributed by atoms with Crippen molar-refractivity contribution in [3.8, 4) is 0 Å². The maximum Gasteiger partial charge on any atom is 0.251 e. The van der Waals surface area contributed by atoms with Crippen LogP contribution in [0, 0.1) is 0 Å². The summed E-state index contributed by atoms with van der Waals surface area (Å²) in [4.78, 5) is 16.1. The van der Waals surface area contributed by atoms with E-state index >= 15 is 0 Å². The van der Waals surface area contributed by atoms with Crippen LogP contribution in [0.1, 0.15) is 18.1 Å². The van der Waals surface area contributed by atoms with Crippen LogP contribution in [-0.4, -0.2) is 16.0 Å². The van der Waals surface area contributed by atoms with Gasteiger partial charge in [-0.05, 0) is 36.8 Å². The highest BCUT2D eigenvalue weighted by Crippen LogP contribution is 2.16. The van der Waals surface area contributed by atoms with Crippen molar-refractivity contribution in [1.82, 2.24) is 4.98 Å². The zero-order chi connectivity index (χ0) is 15.2. The number of amides is 1. The first-order valence-corrected chi connectivity index (χ1v) is 6.77. The summed E-state index contributed by atoms with van der Waals surface area (Å²) < 4.78 is 0. The Hall–Kier alpha value is -2.17. The molecule has 0 radical (unpaired) electrons. The smallest absolute Gasteiger partial charge is 0.251 e. The highest BCUT2D eigenvalue weighted by Gasteiger charge is 2.08. The predicted octanol–water partition coefficient (Wildman–Crippen LogP) is 3.27. The van der Waals surface area contributed by atoms with E-state index in [2.05, 4.69) is 10.3 Å². The van der Waals surface area contributed by atoms with Gasteiger partial charge in [-0.2, -0.15) is 0 Å². The average Bonchev–Trinajstić information content (AvgIpc) is 2.47. The number of rotatable bonds is 4. The van der Waals surface area contributed by atoms with E-state index < -0.39 is 0 Å². The molecule has 0 aliphatic carbocycles. The lowest BCUT2D eigenvalue weighted by Crippen LogP contribution is -2.14. The molecule has 2 rings (SSSR count). The van der Waals surface area contributed by atoms with Gasteiger partial charge in [0.15, 0.2) is 0 Å². The van der Waals surface area contributed by atoms with E-state index in [1.807, 2.05) is 12.1 Å². The first-order valence-electron chi connectivity index (χ1n) is 6.39. The zero-order valence-corrected chi connectivity index (χ0v) is 12.3. The van der Waals surface area contributed by atoms with Crippen LogP contribution >= 0.6 is 11.6 Å². The van der Waals surface area contributed by atoms with Gasteiger partial charge >= 0.3 is 0 Å². The number of nitrogens with zero attached hydrogens (tertiary/aromatic N) is 1. The summed E-state index contributed by atoms with van der Waals surface area (Å²) in [5.74, 6) is -0.252. The van der Waals surface area contributed by atoms with E-state index in [-0.39, 0.29) is 12.5 Å². The first kappa shape index (κ1) is 15.2. The van der Waals surface area contributed by atoms with Crippen LogP contribution in [0.3, 0.4) is 0 Å². The molecule has 1 aromatic heterocycles. The lowest BCUT2D eigenvalue weighted by atomic mass is 10.1. The standard InChI is InChI=1S/C16H15ClN2O2/c1-11(7-12-3-2-4-14(17)8-12)16(21)19-15-9-18-6-5-13(15)10-20/h2-9,20H,10H2,1H3,(H,19,21)/b11-7-. The molecule has 1 aromatic carbocycles. The van der Waals surface area contributed by atoms with Gasteiger partial charge in [-0.15, -0.1) is 0 Å². The highest BCUT2D eigenvalue weighted by molar-refractivity contribution is 6.30. The third kappa shape index (κ3) is 4.15. The molecule has 5 heteroatoms. The fraction of sp³-hybridized carbons (Fsp3) is 0.125. The minimum Gasteiger partial charge on any atom is -0.392 e. The summed E-state index contributed by atoms with van der Waals surface area (Å²) in [6, 6.07) is 8.90. The quantitative estimate of drug-likeness (QED) is 0.852. The van der Waals surface area contributed by atoms with Gasteiger partial charge in [0.1, 0.15) is 0 Å². The topological polar surface area (TPSA) is 62.2 Å². The minimum atomic E-state index is -0.252. The van der Waals surface area contributed by atoms with Gasteiger partial charge in [0.05, 0.1) is 18.5 Å². The van der Waals surface area contributed by atoms with Crippen LogP contribution in [0.15, 0.2) is 48.3 Å². The van der Waals surface area contributed by atoms with E-state index in [0.717, 1.165) is 5.56 Å². The number of carbonyl (C=O) groups excluding carboxylic acids is 1. The van der Waals surface area contributed by atoms with Gasteiger partial charge < -0.3 is 10.4 Å². The molecule has 0 fully saturated rings. The number of halogens is 1. The molecule has 0 atom stereocenters. The predicted molar refractivity (Wildman–Crippen MR) is 83.9 cm³/mol. The highest BCUT2D eigenvalue weighted by atomic mass is 35.5. The lowest BCUT2D eigenvalue weighted by Gasteiger charge is -2.09. The molecule has 21 heavy (non-hydrogen) atoms. The van der Waals surface area contributed by atoms with Crippen molar-refractivity contribution in [2.45, 2.75) is 13.5 Å². The van der Waals surface area contributed by atoms with Gasteiger partial charge in [0, 0.05) is 22.4 Å². The minimum absolute atomic E-state index is 0.158. The monoisotopic (exact) mass is 302 g/mol. The number of aliphatic hydroxyl groups is 1. The summed E-state index contributed by atoms with van der Waals surface area (Å²) in [6.45, 7) is 1.56. The summed E-state index contributed by atoms with van der Waals surface area (Å²) in [7, 11) is 0. The molecule has 2 N–H and O–H groups in total. The number of aliphatic hydroxyl groups excluding tert-OH is 1. The molecule has 0 aliphatic rings. The molecule has 0 unspecified atom stereocenters. The molecule has 0 bridgehead atoms. The fourth-order valence-corrected chi connectivity index (χ4v) is 2.01. The average molecular weight is 303 g/mol. The van der Waals surface area contributed by atoms with E-state index in [1.54, 1.807) is 37.4 Å². The van der Waals surface area contributed by atoms with Gasteiger partial charge in [0.2, 0.25) is 0 Å². The van der Waals surface area contributed by atoms with Crippen molar-refractivity contribution in [3.63, 3.8) is 0 Å². The first-order chi connectivity index (χ1) is 10.1. The number of pyridine rings is 1. The number of hydrogen-bond donors (Lipinski definition) is 2. The summed E-state index contributed by atoms with van der Waals surface area (Å²) in [5.41, 5.74) is 2.51. The molecule has 4 nitrogen and oxygen atoms in total. The van der Waals surface area contributed by atoms with Crippen LogP contribution in [0.2, 0.25) is 5.02 Å².